The molecular formula is C19H26N2O3. The Kier molecular flexibility index (Phi) is 5.51. The summed E-state index contributed by atoms with van der Waals surface area (Å²) < 4.78 is 5.40. The zero-order valence-electron chi connectivity index (χ0n) is 14.3. The number of benzene rings is 1. The van der Waals surface area contributed by atoms with Crippen LogP contribution < -0.4 is 15.0 Å². The highest BCUT2D eigenvalue weighted by atomic mass is 16.5. The van der Waals surface area contributed by atoms with Crippen LogP contribution in [0.2, 0.25) is 0 Å². The molecule has 2 amide bonds. The highest BCUT2D eigenvalue weighted by Gasteiger charge is 2.39. The van der Waals surface area contributed by atoms with Crippen molar-refractivity contribution in [3.63, 3.8) is 0 Å². The SMILES string of the molecule is CCOc1ccc(N2C(=O)C[C@@H](NCC3CCCCC3)C2=O)cc1. The van der Waals surface area contributed by atoms with Gasteiger partial charge in [0.15, 0.2) is 0 Å². The topological polar surface area (TPSA) is 58.6 Å². The van der Waals surface area contributed by atoms with Crippen molar-refractivity contribution in [1.29, 1.82) is 0 Å². The van der Waals surface area contributed by atoms with E-state index in [1.54, 1.807) is 24.3 Å². The zero-order valence-corrected chi connectivity index (χ0v) is 14.3. The Morgan fingerprint density at radius 1 is 1.12 bits per heavy atom. The quantitative estimate of drug-likeness (QED) is 0.815. The van der Waals surface area contributed by atoms with E-state index in [0.29, 0.717) is 18.2 Å². The van der Waals surface area contributed by atoms with Crippen molar-refractivity contribution < 1.29 is 14.3 Å². The summed E-state index contributed by atoms with van der Waals surface area (Å²) in [5, 5.41) is 3.33. The van der Waals surface area contributed by atoms with Gasteiger partial charge in [0.25, 0.3) is 5.91 Å². The lowest BCUT2D eigenvalue weighted by atomic mass is 9.89. The number of rotatable bonds is 6. The van der Waals surface area contributed by atoms with E-state index in [9.17, 15) is 9.59 Å². The lowest BCUT2D eigenvalue weighted by Crippen LogP contribution is -2.41. The zero-order chi connectivity index (χ0) is 16.9. The fraction of sp³-hybridized carbons (Fsp3) is 0.579. The Morgan fingerprint density at radius 2 is 1.83 bits per heavy atom. The summed E-state index contributed by atoms with van der Waals surface area (Å²) in [6, 6.07) is 6.74. The van der Waals surface area contributed by atoms with E-state index in [-0.39, 0.29) is 24.3 Å². The number of amides is 2. The van der Waals surface area contributed by atoms with Crippen LogP contribution in [-0.2, 0) is 9.59 Å². The molecule has 5 nitrogen and oxygen atoms in total. The third-order valence-electron chi connectivity index (χ3n) is 4.93. The molecule has 130 valence electrons. The van der Waals surface area contributed by atoms with Crippen LogP contribution in [-0.4, -0.2) is 31.0 Å². The van der Waals surface area contributed by atoms with Crippen LogP contribution in [0.3, 0.4) is 0 Å². The maximum Gasteiger partial charge on any atom is 0.251 e. The predicted octanol–water partition coefficient (Wildman–Crippen LogP) is 2.89. The van der Waals surface area contributed by atoms with Gasteiger partial charge in [-0.1, -0.05) is 19.3 Å². The molecule has 1 aromatic carbocycles. The van der Waals surface area contributed by atoms with E-state index in [0.717, 1.165) is 12.3 Å². The number of carbonyl (C=O) groups excluding carboxylic acids is 2. The molecule has 1 aliphatic carbocycles. The first kappa shape index (κ1) is 17.0. The van der Waals surface area contributed by atoms with Gasteiger partial charge in [-0.15, -0.1) is 0 Å². The monoisotopic (exact) mass is 330 g/mol. The van der Waals surface area contributed by atoms with Gasteiger partial charge in [-0.3, -0.25) is 9.59 Å². The molecule has 1 aromatic rings. The molecule has 3 rings (SSSR count). The Balaban J connectivity index is 1.60. The van der Waals surface area contributed by atoms with Crippen molar-refractivity contribution in [2.45, 2.75) is 51.5 Å². The van der Waals surface area contributed by atoms with Gasteiger partial charge in [0.1, 0.15) is 5.75 Å². The average molecular weight is 330 g/mol. The fourth-order valence-electron chi connectivity index (χ4n) is 3.62. The summed E-state index contributed by atoms with van der Waals surface area (Å²) in [7, 11) is 0. The lowest BCUT2D eigenvalue weighted by molar-refractivity contribution is -0.121. The second-order valence-electron chi connectivity index (χ2n) is 6.66. The Labute approximate surface area is 143 Å². The summed E-state index contributed by atoms with van der Waals surface area (Å²) in [4.78, 5) is 26.2. The number of ether oxygens (including phenoxy) is 1. The van der Waals surface area contributed by atoms with Crippen LogP contribution in [0.5, 0.6) is 5.75 Å². The highest BCUT2D eigenvalue weighted by molar-refractivity contribution is 6.22. The predicted molar refractivity (Wildman–Crippen MR) is 93.1 cm³/mol. The molecule has 0 bridgehead atoms. The first-order valence-electron chi connectivity index (χ1n) is 9.02. The molecule has 1 heterocycles. The molecule has 0 unspecified atom stereocenters. The first-order chi connectivity index (χ1) is 11.7. The number of hydrogen-bond donors (Lipinski definition) is 1. The van der Waals surface area contributed by atoms with Crippen molar-refractivity contribution >= 4 is 17.5 Å². The van der Waals surface area contributed by atoms with Crippen LogP contribution in [0, 0.1) is 5.92 Å². The summed E-state index contributed by atoms with van der Waals surface area (Å²) in [6.07, 6.45) is 6.58. The molecule has 1 saturated heterocycles. The summed E-state index contributed by atoms with van der Waals surface area (Å²) in [6.45, 7) is 3.35. The van der Waals surface area contributed by atoms with Crippen LogP contribution in [0.4, 0.5) is 5.69 Å². The first-order valence-corrected chi connectivity index (χ1v) is 9.02. The van der Waals surface area contributed by atoms with E-state index < -0.39 is 0 Å². The van der Waals surface area contributed by atoms with Crippen molar-refractivity contribution in [2.24, 2.45) is 5.92 Å². The number of nitrogens with one attached hydrogen (secondary N) is 1. The second kappa shape index (κ2) is 7.79. The van der Waals surface area contributed by atoms with Gasteiger partial charge in [0.2, 0.25) is 5.91 Å². The Hall–Kier alpha value is -1.88. The van der Waals surface area contributed by atoms with Crippen LogP contribution >= 0.6 is 0 Å². The third kappa shape index (κ3) is 3.78. The van der Waals surface area contributed by atoms with E-state index >= 15 is 0 Å². The van der Waals surface area contributed by atoms with E-state index in [2.05, 4.69) is 5.32 Å². The third-order valence-corrected chi connectivity index (χ3v) is 4.93. The number of hydrogen-bond acceptors (Lipinski definition) is 4. The molecule has 5 heteroatoms. The van der Waals surface area contributed by atoms with E-state index in [1.165, 1.54) is 37.0 Å². The highest BCUT2D eigenvalue weighted by Crippen LogP contribution is 2.26. The molecule has 1 N–H and O–H groups in total. The molecule has 2 aliphatic rings. The summed E-state index contributed by atoms with van der Waals surface area (Å²) >= 11 is 0. The smallest absolute Gasteiger partial charge is 0.251 e. The maximum absolute atomic E-state index is 12.6. The van der Waals surface area contributed by atoms with Crippen LogP contribution in [0.15, 0.2) is 24.3 Å². The largest absolute Gasteiger partial charge is 0.494 e. The maximum atomic E-state index is 12.6. The minimum absolute atomic E-state index is 0.134. The Bertz CT molecular complexity index is 579. The van der Waals surface area contributed by atoms with Crippen molar-refractivity contribution in [3.8, 4) is 5.75 Å². The molecule has 1 saturated carbocycles. The molecule has 24 heavy (non-hydrogen) atoms. The molecule has 0 spiro atoms. The number of anilines is 1. The van der Waals surface area contributed by atoms with E-state index in [4.69, 9.17) is 4.74 Å². The standard InChI is InChI=1S/C19H26N2O3/c1-2-24-16-10-8-15(9-11-16)21-18(22)12-17(19(21)23)20-13-14-6-4-3-5-7-14/h8-11,14,17,20H,2-7,12-13H2,1H3/t17-/m1/s1. The van der Waals surface area contributed by atoms with Gasteiger partial charge >= 0.3 is 0 Å². The number of nitrogens with zero attached hydrogens (tertiary/aromatic N) is 1. The minimum Gasteiger partial charge on any atom is -0.494 e. The molecular weight excluding hydrogens is 304 g/mol. The minimum atomic E-state index is -0.383. The molecule has 0 aromatic heterocycles. The van der Waals surface area contributed by atoms with Crippen LogP contribution in [0.25, 0.3) is 0 Å². The van der Waals surface area contributed by atoms with Gasteiger partial charge in [-0.05, 0) is 56.5 Å². The number of carbonyl (C=O) groups is 2. The molecule has 1 aliphatic heterocycles. The van der Waals surface area contributed by atoms with E-state index in [1.807, 2.05) is 6.92 Å². The average Bonchev–Trinajstić information content (AvgIpc) is 2.89. The van der Waals surface area contributed by atoms with Crippen molar-refractivity contribution in [1.82, 2.24) is 5.32 Å². The molecule has 2 fully saturated rings. The fourth-order valence-corrected chi connectivity index (χ4v) is 3.62. The van der Waals surface area contributed by atoms with Gasteiger partial charge in [0.05, 0.1) is 24.8 Å². The molecule has 1 atom stereocenters. The van der Waals surface area contributed by atoms with Crippen LogP contribution in [0.1, 0.15) is 45.4 Å². The summed E-state index contributed by atoms with van der Waals surface area (Å²) in [5.74, 6) is 1.11. The van der Waals surface area contributed by atoms with Gasteiger partial charge in [-0.25, -0.2) is 4.90 Å². The number of imide groups is 1. The van der Waals surface area contributed by atoms with Gasteiger partial charge < -0.3 is 10.1 Å². The van der Waals surface area contributed by atoms with Gasteiger partial charge in [-0.2, -0.15) is 0 Å². The van der Waals surface area contributed by atoms with Crippen molar-refractivity contribution in [3.05, 3.63) is 24.3 Å². The van der Waals surface area contributed by atoms with Crippen molar-refractivity contribution in [2.75, 3.05) is 18.1 Å². The summed E-state index contributed by atoms with van der Waals surface area (Å²) in [5.41, 5.74) is 0.621. The molecule has 0 radical (unpaired) electrons. The normalized spacial score (nSPS) is 22.2. The Morgan fingerprint density at radius 3 is 2.50 bits per heavy atom. The van der Waals surface area contributed by atoms with Gasteiger partial charge in [0, 0.05) is 0 Å². The lowest BCUT2D eigenvalue weighted by Gasteiger charge is -2.23. The second-order valence-corrected chi connectivity index (χ2v) is 6.66.